The van der Waals surface area contributed by atoms with Crippen LogP contribution in [0, 0.1) is 17.8 Å². The van der Waals surface area contributed by atoms with Crippen molar-refractivity contribution in [3.63, 3.8) is 0 Å². The number of sulfonamides is 1. The molecule has 0 radical (unpaired) electrons. The first-order valence-electron chi connectivity index (χ1n) is 8.89. The zero-order valence-electron chi connectivity index (χ0n) is 15.1. The van der Waals surface area contributed by atoms with Crippen molar-refractivity contribution in [2.24, 2.45) is 17.8 Å². The van der Waals surface area contributed by atoms with Crippen LogP contribution in [0.1, 0.15) is 38.5 Å². The number of unbranched alkanes of at least 4 members (excludes halogenated alkanes) is 1. The van der Waals surface area contributed by atoms with E-state index in [4.69, 9.17) is 0 Å². The summed E-state index contributed by atoms with van der Waals surface area (Å²) < 4.78 is 28.0. The molecule has 4 atom stereocenters. The summed E-state index contributed by atoms with van der Waals surface area (Å²) in [5, 5.41) is 10.4. The monoisotopic (exact) mass is 385 g/mol. The van der Waals surface area contributed by atoms with Crippen LogP contribution in [-0.2, 0) is 14.8 Å². The largest absolute Gasteiger partial charge is 1.00 e. The molecule has 26 heavy (non-hydrogen) atoms. The number of carboxylic acids is 1. The van der Waals surface area contributed by atoms with Crippen LogP contribution in [0.2, 0.25) is 0 Å². The summed E-state index contributed by atoms with van der Waals surface area (Å²) in [7, 11) is -3.47. The number of hydrogen-bond donors (Lipinski definition) is 1. The number of hydrogen-bond acceptors (Lipinski definition) is 4. The van der Waals surface area contributed by atoms with Crippen LogP contribution in [0.4, 0.5) is 0 Å². The number of aliphatic carboxylic acids is 1. The van der Waals surface area contributed by atoms with Crippen molar-refractivity contribution in [2.45, 2.75) is 49.5 Å². The van der Waals surface area contributed by atoms with Gasteiger partial charge in [0.25, 0.3) is 0 Å². The first-order valence-corrected chi connectivity index (χ1v) is 10.4. The summed E-state index contributed by atoms with van der Waals surface area (Å²) in [6, 6.07) is 8.48. The second kappa shape index (κ2) is 9.51. The number of fused-ring (bicyclic) bond motifs is 1. The van der Waals surface area contributed by atoms with Gasteiger partial charge in [-0.15, -0.1) is 0 Å². The van der Waals surface area contributed by atoms with Crippen LogP contribution in [0.3, 0.4) is 0 Å². The van der Waals surface area contributed by atoms with Gasteiger partial charge in [-0.3, -0.25) is 0 Å². The molecule has 1 N–H and O–H groups in total. The van der Waals surface area contributed by atoms with Gasteiger partial charge in [0.05, 0.1) is 4.90 Å². The van der Waals surface area contributed by atoms with Gasteiger partial charge in [0.15, 0.2) is 0 Å². The van der Waals surface area contributed by atoms with E-state index in [9.17, 15) is 18.3 Å². The summed E-state index contributed by atoms with van der Waals surface area (Å²) in [4.78, 5) is 10.7. The van der Waals surface area contributed by atoms with Crippen LogP contribution in [0.15, 0.2) is 47.4 Å². The van der Waals surface area contributed by atoms with E-state index in [0.29, 0.717) is 29.1 Å². The number of benzene rings is 1. The van der Waals surface area contributed by atoms with Gasteiger partial charge >= 0.3 is 29.6 Å². The molecule has 0 amide bonds. The summed E-state index contributed by atoms with van der Waals surface area (Å²) in [6.07, 6.45) is 8.42. The van der Waals surface area contributed by atoms with Gasteiger partial charge in [-0.05, 0) is 68.4 Å². The Kier molecular flexibility index (Phi) is 7.91. The normalized spacial score (nSPS) is 27.1. The molecule has 1 aromatic carbocycles. The fourth-order valence-electron chi connectivity index (χ4n) is 3.94. The summed E-state index contributed by atoms with van der Waals surface area (Å²) in [5.41, 5.74) is 0. The summed E-state index contributed by atoms with van der Waals surface area (Å²) in [6.45, 7) is 0. The van der Waals surface area contributed by atoms with Gasteiger partial charge < -0.3 is 9.90 Å². The first kappa shape index (κ1) is 21.6. The number of carbonyl (C=O) groups excluding carboxylic acids is 1. The van der Waals surface area contributed by atoms with E-state index in [0.717, 1.165) is 19.3 Å². The minimum Gasteiger partial charge on any atom is -0.550 e. The molecule has 0 bridgehead atoms. The Morgan fingerprint density at radius 3 is 2.62 bits per heavy atom. The van der Waals surface area contributed by atoms with Crippen molar-refractivity contribution in [1.29, 1.82) is 0 Å². The van der Waals surface area contributed by atoms with Crippen molar-refractivity contribution in [3.05, 3.63) is 42.5 Å². The number of carboxylic acid groups (broad SMARTS) is 1. The van der Waals surface area contributed by atoms with Crippen LogP contribution < -0.4 is 39.4 Å². The average molecular weight is 385 g/mol. The Labute approximate surface area is 177 Å². The van der Waals surface area contributed by atoms with Crippen molar-refractivity contribution >= 4 is 16.0 Å². The van der Waals surface area contributed by atoms with Gasteiger partial charge in [-0.25, -0.2) is 13.1 Å². The molecule has 5 nitrogen and oxygen atoms in total. The number of carbonyl (C=O) groups is 1. The molecule has 0 aromatic heterocycles. The van der Waals surface area contributed by atoms with Crippen molar-refractivity contribution in [2.75, 3.05) is 0 Å². The fourth-order valence-corrected chi connectivity index (χ4v) is 5.26. The second-order valence-electron chi connectivity index (χ2n) is 7.07. The predicted octanol–water partition coefficient (Wildman–Crippen LogP) is -1.14. The standard InChI is InChI=1S/C19H25NO4S.Na/c21-19(22)11-7-2-1-6-10-16-17-12-14(17)13-18(16)20-25(23,24)15-8-4-3-5-9-15;/h1,3-6,8-9,14,16-18,20H,2,7,10-13H2,(H,21,22);/q;+1/p-1/b6-1-;/t14?,16-,17?,18+;/m0./s1. The Morgan fingerprint density at radius 2 is 1.92 bits per heavy atom. The van der Waals surface area contributed by atoms with Gasteiger partial charge in [0.1, 0.15) is 0 Å². The van der Waals surface area contributed by atoms with E-state index in [2.05, 4.69) is 10.8 Å². The molecule has 0 saturated heterocycles. The topological polar surface area (TPSA) is 86.3 Å². The SMILES string of the molecule is O=C([O-])CCC/C=C\C[C@H]1C2CC2C[C@H]1NS(=O)(=O)c1ccccc1.[Na+]. The molecule has 1 aromatic rings. The molecule has 2 fully saturated rings. The molecule has 0 heterocycles. The summed E-state index contributed by atoms with van der Waals surface area (Å²) >= 11 is 0. The molecule has 2 saturated carbocycles. The van der Waals surface area contributed by atoms with Gasteiger partial charge in [0.2, 0.25) is 10.0 Å². The van der Waals surface area contributed by atoms with Gasteiger partial charge in [-0.1, -0.05) is 30.4 Å². The third kappa shape index (κ3) is 5.67. The van der Waals surface area contributed by atoms with E-state index in [1.165, 1.54) is 6.42 Å². The summed E-state index contributed by atoms with van der Waals surface area (Å²) in [5.74, 6) is 0.595. The Hall–Kier alpha value is -0.660. The molecule has 136 valence electrons. The van der Waals surface area contributed by atoms with E-state index < -0.39 is 16.0 Å². The third-order valence-electron chi connectivity index (χ3n) is 5.29. The van der Waals surface area contributed by atoms with Gasteiger partial charge in [-0.2, -0.15) is 0 Å². The van der Waals surface area contributed by atoms with Crippen LogP contribution in [0.5, 0.6) is 0 Å². The fraction of sp³-hybridized carbons (Fsp3) is 0.526. The molecular weight excluding hydrogens is 361 g/mol. The minimum atomic E-state index is -3.47. The minimum absolute atomic E-state index is 0. The predicted molar refractivity (Wildman–Crippen MR) is 92.9 cm³/mol. The maximum Gasteiger partial charge on any atom is 1.00 e. The Balaban J connectivity index is 0.00000243. The zero-order chi connectivity index (χ0) is 17.9. The molecule has 2 unspecified atom stereocenters. The molecular formula is C19H24NNaO4S. The third-order valence-corrected chi connectivity index (χ3v) is 6.79. The second-order valence-corrected chi connectivity index (χ2v) is 8.79. The number of rotatable bonds is 9. The molecule has 2 aliphatic rings. The van der Waals surface area contributed by atoms with Crippen LogP contribution in [-0.4, -0.2) is 20.4 Å². The van der Waals surface area contributed by atoms with Crippen LogP contribution >= 0.6 is 0 Å². The van der Waals surface area contributed by atoms with E-state index in [-0.39, 0.29) is 42.0 Å². The smallest absolute Gasteiger partial charge is 0.550 e. The van der Waals surface area contributed by atoms with Crippen molar-refractivity contribution in [1.82, 2.24) is 4.72 Å². The first-order chi connectivity index (χ1) is 12.0. The molecule has 3 rings (SSSR count). The molecule has 2 aliphatic carbocycles. The number of allylic oxidation sites excluding steroid dienone is 2. The van der Waals surface area contributed by atoms with E-state index in [1.54, 1.807) is 30.3 Å². The van der Waals surface area contributed by atoms with Crippen LogP contribution in [0.25, 0.3) is 0 Å². The van der Waals surface area contributed by atoms with Crippen molar-refractivity contribution in [3.8, 4) is 0 Å². The zero-order valence-corrected chi connectivity index (χ0v) is 18.0. The Bertz CT molecular complexity index is 735. The molecule has 0 spiro atoms. The average Bonchev–Trinajstić information content (AvgIpc) is 3.25. The van der Waals surface area contributed by atoms with E-state index >= 15 is 0 Å². The quantitative estimate of drug-likeness (QED) is 0.331. The van der Waals surface area contributed by atoms with Gasteiger partial charge in [0, 0.05) is 12.0 Å². The number of nitrogens with one attached hydrogen (secondary N) is 1. The maximum absolute atomic E-state index is 12.5. The molecule has 7 heteroatoms. The Morgan fingerprint density at radius 1 is 1.19 bits per heavy atom. The molecule has 0 aliphatic heterocycles. The van der Waals surface area contributed by atoms with E-state index in [1.807, 2.05) is 6.08 Å². The maximum atomic E-state index is 12.5. The van der Waals surface area contributed by atoms with Crippen molar-refractivity contribution < 1.29 is 47.9 Å².